The zero-order valence-electron chi connectivity index (χ0n) is 18.5. The predicted octanol–water partition coefficient (Wildman–Crippen LogP) is 3.77. The number of esters is 1. The van der Waals surface area contributed by atoms with Crippen molar-refractivity contribution in [3.8, 4) is 21.9 Å². The van der Waals surface area contributed by atoms with Crippen LogP contribution >= 0.6 is 22.9 Å². The third kappa shape index (κ3) is 4.59. The van der Waals surface area contributed by atoms with E-state index in [0.29, 0.717) is 27.1 Å². The van der Waals surface area contributed by atoms with Gasteiger partial charge in [-0.15, -0.1) is 11.3 Å². The van der Waals surface area contributed by atoms with Gasteiger partial charge in [-0.2, -0.15) is 0 Å². The summed E-state index contributed by atoms with van der Waals surface area (Å²) in [5, 5.41) is 11.9. The maximum Gasteiger partial charge on any atom is 0.358 e. The summed E-state index contributed by atoms with van der Waals surface area (Å²) >= 11 is 7.12. The number of methoxy groups -OCH3 is 2. The lowest BCUT2D eigenvalue weighted by molar-refractivity contribution is -0.133. The van der Waals surface area contributed by atoms with Crippen LogP contribution in [-0.4, -0.2) is 42.8 Å². The SMILES string of the molecule is COc1ccc(C(O)(C(N)=O)c2nc(C(=O)OCC3CC3)c(-c3cccc(Cl)c3)s2)cc1OC. The number of thiazole rings is 1. The average molecular weight is 503 g/mol. The highest BCUT2D eigenvalue weighted by Crippen LogP contribution is 2.41. The van der Waals surface area contributed by atoms with E-state index in [9.17, 15) is 14.7 Å². The maximum atomic E-state index is 12.9. The van der Waals surface area contributed by atoms with Gasteiger partial charge < -0.3 is 25.1 Å². The number of carbonyl (C=O) groups is 2. The first-order valence-corrected chi connectivity index (χ1v) is 11.7. The molecule has 10 heteroatoms. The van der Waals surface area contributed by atoms with Gasteiger partial charge in [-0.1, -0.05) is 29.8 Å². The lowest BCUT2D eigenvalue weighted by Crippen LogP contribution is -2.42. The highest BCUT2D eigenvalue weighted by molar-refractivity contribution is 7.15. The zero-order valence-corrected chi connectivity index (χ0v) is 20.1. The first-order valence-electron chi connectivity index (χ1n) is 10.5. The van der Waals surface area contributed by atoms with Crippen molar-refractivity contribution in [1.29, 1.82) is 0 Å². The number of hydrogen-bond donors (Lipinski definition) is 2. The second-order valence-electron chi connectivity index (χ2n) is 7.89. The molecule has 0 spiro atoms. The fraction of sp³-hybridized carbons (Fsp3) is 0.292. The molecular weight excluding hydrogens is 480 g/mol. The van der Waals surface area contributed by atoms with Crippen LogP contribution in [0.15, 0.2) is 42.5 Å². The average Bonchev–Trinajstić information content (AvgIpc) is 3.56. The smallest absolute Gasteiger partial charge is 0.358 e. The van der Waals surface area contributed by atoms with Gasteiger partial charge in [0.15, 0.2) is 17.2 Å². The Kier molecular flexibility index (Phi) is 6.79. The van der Waals surface area contributed by atoms with Crippen LogP contribution in [0.4, 0.5) is 0 Å². The Hall–Kier alpha value is -3.14. The summed E-state index contributed by atoms with van der Waals surface area (Å²) in [5.74, 6) is -0.671. The van der Waals surface area contributed by atoms with E-state index in [-0.39, 0.29) is 28.6 Å². The van der Waals surface area contributed by atoms with Gasteiger partial charge in [-0.25, -0.2) is 9.78 Å². The Labute approximate surface area is 205 Å². The Morgan fingerprint density at radius 1 is 1.18 bits per heavy atom. The van der Waals surface area contributed by atoms with Crippen LogP contribution in [0.25, 0.3) is 10.4 Å². The maximum absolute atomic E-state index is 12.9. The summed E-state index contributed by atoms with van der Waals surface area (Å²) in [6.07, 6.45) is 2.02. The van der Waals surface area contributed by atoms with Crippen LogP contribution in [0.1, 0.15) is 33.9 Å². The van der Waals surface area contributed by atoms with Gasteiger partial charge in [0.25, 0.3) is 5.91 Å². The number of nitrogens with two attached hydrogens (primary N) is 1. The van der Waals surface area contributed by atoms with Crippen molar-refractivity contribution in [2.45, 2.75) is 18.4 Å². The second-order valence-corrected chi connectivity index (χ2v) is 9.33. The molecule has 0 radical (unpaired) electrons. The number of nitrogens with zero attached hydrogens (tertiary/aromatic N) is 1. The highest BCUT2D eigenvalue weighted by atomic mass is 35.5. The monoisotopic (exact) mass is 502 g/mol. The lowest BCUT2D eigenvalue weighted by atomic mass is 9.93. The van der Waals surface area contributed by atoms with Crippen molar-refractivity contribution < 1.29 is 28.9 Å². The van der Waals surface area contributed by atoms with E-state index < -0.39 is 17.5 Å². The van der Waals surface area contributed by atoms with E-state index in [2.05, 4.69) is 4.98 Å². The third-order valence-electron chi connectivity index (χ3n) is 5.52. The normalized spacial score (nSPS) is 14.8. The number of carbonyl (C=O) groups excluding carboxylic acids is 2. The van der Waals surface area contributed by atoms with Crippen molar-refractivity contribution in [1.82, 2.24) is 4.98 Å². The van der Waals surface area contributed by atoms with E-state index in [1.54, 1.807) is 30.3 Å². The molecule has 2 aromatic carbocycles. The van der Waals surface area contributed by atoms with Crippen LogP contribution < -0.4 is 15.2 Å². The van der Waals surface area contributed by atoms with Crippen molar-refractivity contribution in [3.05, 3.63) is 63.8 Å². The standard InChI is InChI=1S/C24H23ClN2O6S/c1-31-17-9-8-15(11-18(17)32-2)24(30,22(26)29)23-27-19(21(28)33-12-13-6-7-13)20(34-23)14-4-3-5-16(25)10-14/h3-5,8-11,13,30H,6-7,12H2,1-2H3,(H2,26,29). The van der Waals surface area contributed by atoms with Crippen LogP contribution in [0.3, 0.4) is 0 Å². The van der Waals surface area contributed by atoms with Crippen LogP contribution in [0.2, 0.25) is 5.02 Å². The fourth-order valence-electron chi connectivity index (χ4n) is 3.42. The molecule has 1 unspecified atom stereocenters. The van der Waals surface area contributed by atoms with Gasteiger partial charge in [-0.3, -0.25) is 4.79 Å². The summed E-state index contributed by atoms with van der Waals surface area (Å²) in [6.45, 7) is 0.288. The summed E-state index contributed by atoms with van der Waals surface area (Å²) in [7, 11) is 2.90. The van der Waals surface area contributed by atoms with Crippen LogP contribution in [-0.2, 0) is 15.1 Å². The minimum atomic E-state index is -2.34. The summed E-state index contributed by atoms with van der Waals surface area (Å²) < 4.78 is 16.0. The minimum absolute atomic E-state index is 0.0249. The first-order chi connectivity index (χ1) is 16.3. The minimum Gasteiger partial charge on any atom is -0.493 e. The second kappa shape index (κ2) is 9.61. The van der Waals surface area contributed by atoms with Gasteiger partial charge in [0.1, 0.15) is 5.01 Å². The molecule has 1 heterocycles. The van der Waals surface area contributed by atoms with E-state index in [0.717, 1.165) is 24.2 Å². The molecule has 0 bridgehead atoms. The van der Waals surface area contributed by atoms with E-state index in [4.69, 9.17) is 31.5 Å². The molecule has 1 aliphatic carbocycles. The van der Waals surface area contributed by atoms with Gasteiger partial charge >= 0.3 is 5.97 Å². The largest absolute Gasteiger partial charge is 0.493 e. The summed E-state index contributed by atoms with van der Waals surface area (Å²) in [4.78, 5) is 30.3. The van der Waals surface area contributed by atoms with Crippen molar-refractivity contribution in [3.63, 3.8) is 0 Å². The van der Waals surface area contributed by atoms with Gasteiger partial charge in [0.2, 0.25) is 5.60 Å². The number of aromatic nitrogens is 1. The Balaban J connectivity index is 1.84. The molecule has 3 N–H and O–H groups in total. The molecule has 4 rings (SSSR count). The molecule has 1 aromatic heterocycles. The van der Waals surface area contributed by atoms with Gasteiger partial charge in [0.05, 0.1) is 25.7 Å². The van der Waals surface area contributed by atoms with Crippen LogP contribution in [0, 0.1) is 5.92 Å². The molecular formula is C24H23ClN2O6S. The fourth-order valence-corrected chi connectivity index (χ4v) is 4.77. The molecule has 1 atom stereocenters. The number of aliphatic hydroxyl groups is 1. The predicted molar refractivity (Wildman–Crippen MR) is 127 cm³/mol. The molecule has 8 nitrogen and oxygen atoms in total. The van der Waals surface area contributed by atoms with Crippen LogP contribution in [0.5, 0.6) is 11.5 Å². The van der Waals surface area contributed by atoms with E-state index in [1.807, 2.05) is 0 Å². The number of primary amides is 1. The van der Waals surface area contributed by atoms with Crippen molar-refractivity contribution in [2.24, 2.45) is 11.7 Å². The van der Waals surface area contributed by atoms with Gasteiger partial charge in [-0.05, 0) is 48.6 Å². The number of ether oxygens (including phenoxy) is 3. The number of rotatable bonds is 9. The first kappa shape index (κ1) is 24.0. The summed E-state index contributed by atoms with van der Waals surface area (Å²) in [5.41, 5.74) is 4.01. The quantitative estimate of drug-likeness (QED) is 0.427. The Morgan fingerprint density at radius 2 is 1.91 bits per heavy atom. The molecule has 1 fully saturated rings. The molecule has 0 saturated heterocycles. The molecule has 1 aliphatic rings. The third-order valence-corrected chi connectivity index (χ3v) is 6.97. The molecule has 1 saturated carbocycles. The number of benzene rings is 2. The lowest BCUT2D eigenvalue weighted by Gasteiger charge is -2.23. The topological polar surface area (TPSA) is 121 Å². The number of amides is 1. The summed E-state index contributed by atoms with van der Waals surface area (Å²) in [6, 6.07) is 11.3. The molecule has 1 amide bonds. The van der Waals surface area contributed by atoms with Crippen molar-refractivity contribution >= 4 is 34.8 Å². The highest BCUT2D eigenvalue weighted by Gasteiger charge is 2.43. The Morgan fingerprint density at radius 3 is 2.53 bits per heavy atom. The Bertz CT molecular complexity index is 1240. The number of hydrogen-bond acceptors (Lipinski definition) is 8. The molecule has 34 heavy (non-hydrogen) atoms. The number of halogens is 1. The van der Waals surface area contributed by atoms with Crippen molar-refractivity contribution in [2.75, 3.05) is 20.8 Å². The van der Waals surface area contributed by atoms with E-state index in [1.165, 1.54) is 26.4 Å². The molecule has 0 aliphatic heterocycles. The molecule has 178 valence electrons. The van der Waals surface area contributed by atoms with Gasteiger partial charge in [0, 0.05) is 10.6 Å². The molecule has 3 aromatic rings. The van der Waals surface area contributed by atoms with E-state index >= 15 is 0 Å². The zero-order chi connectivity index (χ0) is 24.5.